The molecule has 86 valence electrons. The Balaban J connectivity index is 2.89. The number of nitrogens with one attached hydrogen (secondary N) is 1. The second kappa shape index (κ2) is 6.16. The lowest BCUT2D eigenvalue weighted by molar-refractivity contribution is 0.777. The van der Waals surface area contributed by atoms with E-state index >= 15 is 0 Å². The second-order valence-electron chi connectivity index (χ2n) is 4.02. The van der Waals surface area contributed by atoms with Gasteiger partial charge in [-0.05, 0) is 31.9 Å². The fourth-order valence-electron chi connectivity index (χ4n) is 1.82. The Hall–Kier alpha value is -1.50. The van der Waals surface area contributed by atoms with Crippen molar-refractivity contribution in [3.8, 4) is 0 Å². The zero-order valence-electron chi connectivity index (χ0n) is 10.5. The number of allylic oxidation sites excluding steroid dienone is 4. The van der Waals surface area contributed by atoms with Crippen molar-refractivity contribution in [3.63, 3.8) is 0 Å². The minimum absolute atomic E-state index is 0.463. The zero-order valence-corrected chi connectivity index (χ0v) is 10.5. The SMILES string of the molecule is C=Cc1c[nH]c(C(/C=C(C)\C=C/C)CC)c1. The summed E-state index contributed by atoms with van der Waals surface area (Å²) in [4.78, 5) is 3.32. The van der Waals surface area contributed by atoms with Crippen LogP contribution in [0.3, 0.4) is 0 Å². The third-order valence-corrected chi connectivity index (χ3v) is 2.70. The number of hydrogen-bond acceptors (Lipinski definition) is 0. The molecule has 1 rings (SSSR count). The standard InChI is InChI=1S/C15H21N/c1-5-8-12(4)9-14(7-3)15-10-13(6-2)11-16-15/h5-6,8-11,14,16H,2,7H2,1,3-4H3/b8-5-,12-9-. The highest BCUT2D eigenvalue weighted by Gasteiger charge is 2.07. The largest absolute Gasteiger partial charge is 0.364 e. The molecule has 0 fully saturated rings. The Bertz CT molecular complexity index is 393. The molecule has 1 heteroatoms. The molecule has 0 spiro atoms. The van der Waals surface area contributed by atoms with E-state index in [-0.39, 0.29) is 0 Å². The van der Waals surface area contributed by atoms with Crippen LogP contribution in [-0.4, -0.2) is 4.98 Å². The maximum absolute atomic E-state index is 3.77. The monoisotopic (exact) mass is 215 g/mol. The molecule has 0 amide bonds. The lowest BCUT2D eigenvalue weighted by Gasteiger charge is -2.08. The highest BCUT2D eigenvalue weighted by Crippen LogP contribution is 2.22. The van der Waals surface area contributed by atoms with Crippen molar-refractivity contribution >= 4 is 6.08 Å². The maximum atomic E-state index is 3.77. The summed E-state index contributed by atoms with van der Waals surface area (Å²) in [6.07, 6.45) is 11.5. The summed E-state index contributed by atoms with van der Waals surface area (Å²) in [5, 5.41) is 0. The van der Waals surface area contributed by atoms with E-state index < -0.39 is 0 Å². The zero-order chi connectivity index (χ0) is 12.0. The Kier molecular flexibility index (Phi) is 4.84. The van der Waals surface area contributed by atoms with Gasteiger partial charge >= 0.3 is 0 Å². The van der Waals surface area contributed by atoms with Gasteiger partial charge in [-0.15, -0.1) is 0 Å². The van der Waals surface area contributed by atoms with E-state index in [1.165, 1.54) is 11.3 Å². The van der Waals surface area contributed by atoms with Crippen LogP contribution < -0.4 is 0 Å². The smallest absolute Gasteiger partial charge is 0.0223 e. The van der Waals surface area contributed by atoms with Gasteiger partial charge in [0.15, 0.2) is 0 Å². The molecule has 0 bridgehead atoms. The predicted octanol–water partition coefficient (Wildman–Crippen LogP) is 4.67. The Morgan fingerprint density at radius 3 is 2.81 bits per heavy atom. The average Bonchev–Trinajstić information content (AvgIpc) is 2.74. The molecule has 1 heterocycles. The van der Waals surface area contributed by atoms with Crippen LogP contribution >= 0.6 is 0 Å². The average molecular weight is 215 g/mol. The van der Waals surface area contributed by atoms with E-state index in [1.54, 1.807) is 0 Å². The molecular weight excluding hydrogens is 194 g/mol. The molecule has 0 radical (unpaired) electrons. The van der Waals surface area contributed by atoms with Crippen LogP contribution in [-0.2, 0) is 0 Å². The summed E-state index contributed by atoms with van der Waals surface area (Å²) >= 11 is 0. The van der Waals surface area contributed by atoms with E-state index in [4.69, 9.17) is 0 Å². The van der Waals surface area contributed by atoms with Gasteiger partial charge < -0.3 is 4.98 Å². The Labute approximate surface area is 98.6 Å². The molecule has 0 aromatic carbocycles. The minimum atomic E-state index is 0.463. The summed E-state index contributed by atoms with van der Waals surface area (Å²) in [6, 6.07) is 2.17. The summed E-state index contributed by atoms with van der Waals surface area (Å²) in [7, 11) is 0. The van der Waals surface area contributed by atoms with Crippen molar-refractivity contribution < 1.29 is 0 Å². The van der Waals surface area contributed by atoms with E-state index in [1.807, 2.05) is 19.2 Å². The fraction of sp³-hybridized carbons (Fsp3) is 0.333. The van der Waals surface area contributed by atoms with Gasteiger partial charge in [-0.25, -0.2) is 0 Å². The molecule has 1 atom stereocenters. The summed E-state index contributed by atoms with van der Waals surface area (Å²) < 4.78 is 0. The van der Waals surface area contributed by atoms with Gasteiger partial charge in [-0.3, -0.25) is 0 Å². The number of rotatable bonds is 5. The highest BCUT2D eigenvalue weighted by molar-refractivity contribution is 5.47. The van der Waals surface area contributed by atoms with Crippen LogP contribution in [0.4, 0.5) is 0 Å². The number of hydrogen-bond donors (Lipinski definition) is 1. The van der Waals surface area contributed by atoms with Gasteiger partial charge in [0.05, 0.1) is 0 Å². The first-order valence-electron chi connectivity index (χ1n) is 5.83. The quantitative estimate of drug-likeness (QED) is 0.687. The van der Waals surface area contributed by atoms with Gasteiger partial charge in [-0.1, -0.05) is 43.4 Å². The van der Waals surface area contributed by atoms with Crippen molar-refractivity contribution in [2.24, 2.45) is 0 Å². The fourth-order valence-corrected chi connectivity index (χ4v) is 1.82. The second-order valence-corrected chi connectivity index (χ2v) is 4.02. The van der Waals surface area contributed by atoms with Crippen molar-refractivity contribution in [2.75, 3.05) is 0 Å². The lowest BCUT2D eigenvalue weighted by Crippen LogP contribution is -1.94. The number of aromatic amines is 1. The van der Waals surface area contributed by atoms with E-state index in [0.29, 0.717) is 5.92 Å². The topological polar surface area (TPSA) is 15.8 Å². The van der Waals surface area contributed by atoms with Crippen LogP contribution in [0.5, 0.6) is 0 Å². The van der Waals surface area contributed by atoms with Gasteiger partial charge in [0, 0.05) is 17.8 Å². The molecule has 1 aromatic heterocycles. The first-order valence-corrected chi connectivity index (χ1v) is 5.83. The normalized spacial score (nSPS) is 14.3. The van der Waals surface area contributed by atoms with Crippen LogP contribution in [0.15, 0.2) is 42.6 Å². The van der Waals surface area contributed by atoms with Crippen molar-refractivity contribution in [1.29, 1.82) is 0 Å². The molecule has 16 heavy (non-hydrogen) atoms. The Morgan fingerprint density at radius 1 is 1.56 bits per heavy atom. The number of H-pyrrole nitrogens is 1. The molecule has 0 saturated carbocycles. The Morgan fingerprint density at radius 2 is 2.31 bits per heavy atom. The van der Waals surface area contributed by atoms with E-state index in [2.05, 4.69) is 49.7 Å². The van der Waals surface area contributed by atoms with Crippen LogP contribution in [0.1, 0.15) is 44.4 Å². The van der Waals surface area contributed by atoms with Crippen molar-refractivity contribution in [2.45, 2.75) is 33.1 Å². The predicted molar refractivity (Wildman–Crippen MR) is 72.5 cm³/mol. The lowest BCUT2D eigenvalue weighted by atomic mass is 9.99. The summed E-state index contributed by atoms with van der Waals surface area (Å²) in [5.74, 6) is 0.463. The van der Waals surface area contributed by atoms with Gasteiger partial charge in [-0.2, -0.15) is 0 Å². The van der Waals surface area contributed by atoms with Crippen LogP contribution in [0.25, 0.3) is 6.08 Å². The van der Waals surface area contributed by atoms with E-state index in [0.717, 1.165) is 12.0 Å². The molecule has 1 unspecified atom stereocenters. The van der Waals surface area contributed by atoms with Crippen molar-refractivity contribution in [1.82, 2.24) is 4.98 Å². The van der Waals surface area contributed by atoms with Gasteiger partial charge in [0.25, 0.3) is 0 Å². The molecule has 1 aromatic rings. The van der Waals surface area contributed by atoms with Gasteiger partial charge in [0.2, 0.25) is 0 Å². The first kappa shape index (κ1) is 12.6. The molecule has 0 aliphatic rings. The van der Waals surface area contributed by atoms with Crippen molar-refractivity contribution in [3.05, 3.63) is 53.9 Å². The summed E-state index contributed by atoms with van der Waals surface area (Å²) in [5.41, 5.74) is 3.73. The van der Waals surface area contributed by atoms with Gasteiger partial charge in [0.1, 0.15) is 0 Å². The molecule has 1 N–H and O–H groups in total. The molecule has 0 aliphatic heterocycles. The molecular formula is C15H21N. The number of aromatic nitrogens is 1. The maximum Gasteiger partial charge on any atom is 0.0223 e. The molecule has 0 aliphatic carbocycles. The molecule has 0 saturated heterocycles. The summed E-state index contributed by atoms with van der Waals surface area (Å²) in [6.45, 7) is 10.2. The molecule has 1 nitrogen and oxygen atoms in total. The minimum Gasteiger partial charge on any atom is -0.364 e. The van der Waals surface area contributed by atoms with Crippen LogP contribution in [0, 0.1) is 0 Å². The van der Waals surface area contributed by atoms with Crippen LogP contribution in [0.2, 0.25) is 0 Å². The highest BCUT2D eigenvalue weighted by atomic mass is 14.7. The third kappa shape index (κ3) is 3.27. The third-order valence-electron chi connectivity index (χ3n) is 2.70. The van der Waals surface area contributed by atoms with E-state index in [9.17, 15) is 0 Å². The first-order chi connectivity index (χ1) is 7.71.